The summed E-state index contributed by atoms with van der Waals surface area (Å²) >= 11 is 0. The van der Waals surface area contributed by atoms with Crippen LogP contribution in [0.5, 0.6) is 0 Å². The van der Waals surface area contributed by atoms with Crippen molar-refractivity contribution >= 4 is 0 Å². The van der Waals surface area contributed by atoms with Gasteiger partial charge in [0, 0.05) is 11.6 Å². The highest BCUT2D eigenvalue weighted by molar-refractivity contribution is 5.21. The van der Waals surface area contributed by atoms with Crippen LogP contribution in [0, 0.1) is 0 Å². The SMILES string of the molecule is CC1(C)COC2CCC(c3ccccc3)CC2N1. The molecule has 3 atom stereocenters. The van der Waals surface area contributed by atoms with Crippen molar-refractivity contribution in [3.63, 3.8) is 0 Å². The van der Waals surface area contributed by atoms with Crippen LogP contribution in [0.25, 0.3) is 0 Å². The lowest BCUT2D eigenvalue weighted by atomic mass is 9.78. The van der Waals surface area contributed by atoms with Gasteiger partial charge in [-0.2, -0.15) is 0 Å². The Kier molecular flexibility index (Phi) is 3.16. The topological polar surface area (TPSA) is 21.3 Å². The van der Waals surface area contributed by atoms with Crippen LogP contribution < -0.4 is 5.32 Å². The first kappa shape index (κ1) is 12.2. The fourth-order valence-electron chi connectivity index (χ4n) is 3.38. The van der Waals surface area contributed by atoms with Crippen molar-refractivity contribution in [2.45, 2.75) is 56.7 Å². The Hall–Kier alpha value is -0.860. The Morgan fingerprint density at radius 1 is 1.17 bits per heavy atom. The Bertz CT molecular complexity index is 401. The number of benzene rings is 1. The number of nitrogens with one attached hydrogen (secondary N) is 1. The number of fused-ring (bicyclic) bond motifs is 1. The molecule has 0 radical (unpaired) electrons. The van der Waals surface area contributed by atoms with E-state index < -0.39 is 0 Å². The predicted octanol–water partition coefficient (Wildman–Crippen LogP) is 3.09. The van der Waals surface area contributed by atoms with Crippen molar-refractivity contribution in [1.29, 1.82) is 0 Å². The third-order valence-electron chi connectivity index (χ3n) is 4.29. The molecule has 1 aliphatic carbocycles. The average molecular weight is 245 g/mol. The molecule has 1 heterocycles. The lowest BCUT2D eigenvalue weighted by Crippen LogP contribution is -2.61. The standard InChI is InChI=1S/C16H23NO/c1-16(2)11-18-15-9-8-13(10-14(15)17-16)12-6-4-3-5-7-12/h3-7,13-15,17H,8-11H2,1-2H3. The van der Waals surface area contributed by atoms with Crippen molar-refractivity contribution in [2.75, 3.05) is 6.61 Å². The van der Waals surface area contributed by atoms with Gasteiger partial charge in [-0.3, -0.25) is 0 Å². The molecule has 2 fully saturated rings. The maximum absolute atomic E-state index is 6.02. The Labute approximate surface area is 110 Å². The Morgan fingerprint density at radius 3 is 2.72 bits per heavy atom. The summed E-state index contributed by atoms with van der Waals surface area (Å²) in [5, 5.41) is 3.77. The maximum atomic E-state index is 6.02. The Balaban J connectivity index is 1.72. The monoisotopic (exact) mass is 245 g/mol. The van der Waals surface area contributed by atoms with Gasteiger partial charge in [-0.25, -0.2) is 0 Å². The van der Waals surface area contributed by atoms with Gasteiger partial charge in [-0.05, 0) is 44.6 Å². The van der Waals surface area contributed by atoms with E-state index in [0.29, 0.717) is 18.1 Å². The van der Waals surface area contributed by atoms with E-state index in [-0.39, 0.29) is 5.54 Å². The van der Waals surface area contributed by atoms with Gasteiger partial charge >= 0.3 is 0 Å². The van der Waals surface area contributed by atoms with E-state index in [1.807, 2.05) is 0 Å². The highest BCUT2D eigenvalue weighted by Crippen LogP contribution is 2.36. The molecular weight excluding hydrogens is 222 g/mol. The minimum atomic E-state index is 0.125. The molecule has 0 spiro atoms. The lowest BCUT2D eigenvalue weighted by molar-refractivity contribution is -0.0710. The van der Waals surface area contributed by atoms with Crippen LogP contribution in [0.15, 0.2) is 30.3 Å². The van der Waals surface area contributed by atoms with Crippen LogP contribution >= 0.6 is 0 Å². The zero-order valence-electron chi connectivity index (χ0n) is 11.4. The minimum absolute atomic E-state index is 0.125. The summed E-state index contributed by atoms with van der Waals surface area (Å²) in [6, 6.07) is 11.4. The maximum Gasteiger partial charge on any atom is 0.0729 e. The molecule has 18 heavy (non-hydrogen) atoms. The fourth-order valence-corrected chi connectivity index (χ4v) is 3.38. The summed E-state index contributed by atoms with van der Waals surface area (Å²) < 4.78 is 6.02. The quantitative estimate of drug-likeness (QED) is 0.821. The highest BCUT2D eigenvalue weighted by Gasteiger charge is 2.39. The molecule has 1 saturated heterocycles. The first-order valence-corrected chi connectivity index (χ1v) is 7.08. The van der Waals surface area contributed by atoms with Crippen molar-refractivity contribution in [3.05, 3.63) is 35.9 Å². The van der Waals surface area contributed by atoms with Crippen molar-refractivity contribution in [1.82, 2.24) is 5.32 Å². The molecule has 3 unspecified atom stereocenters. The molecule has 1 aliphatic heterocycles. The molecular formula is C16H23NO. The molecule has 3 rings (SSSR count). The minimum Gasteiger partial charge on any atom is -0.375 e. The molecule has 1 aromatic rings. The zero-order chi connectivity index (χ0) is 12.6. The van der Waals surface area contributed by atoms with Gasteiger partial charge in [-0.15, -0.1) is 0 Å². The summed E-state index contributed by atoms with van der Waals surface area (Å²) in [4.78, 5) is 0. The number of morpholine rings is 1. The molecule has 0 bridgehead atoms. The fraction of sp³-hybridized carbons (Fsp3) is 0.625. The zero-order valence-corrected chi connectivity index (χ0v) is 11.4. The third kappa shape index (κ3) is 2.45. The predicted molar refractivity (Wildman–Crippen MR) is 73.8 cm³/mol. The molecule has 0 amide bonds. The van der Waals surface area contributed by atoms with E-state index in [0.717, 1.165) is 6.61 Å². The van der Waals surface area contributed by atoms with Crippen molar-refractivity contribution < 1.29 is 4.74 Å². The smallest absolute Gasteiger partial charge is 0.0729 e. The summed E-state index contributed by atoms with van der Waals surface area (Å²) in [7, 11) is 0. The second-order valence-corrected chi connectivity index (χ2v) is 6.40. The van der Waals surface area contributed by atoms with Crippen LogP contribution in [0.1, 0.15) is 44.6 Å². The van der Waals surface area contributed by atoms with Gasteiger partial charge in [0.2, 0.25) is 0 Å². The van der Waals surface area contributed by atoms with Crippen LogP contribution in [0.3, 0.4) is 0 Å². The van der Waals surface area contributed by atoms with E-state index in [4.69, 9.17) is 4.74 Å². The molecule has 2 heteroatoms. The van der Waals surface area contributed by atoms with Gasteiger partial charge in [0.25, 0.3) is 0 Å². The molecule has 1 saturated carbocycles. The van der Waals surface area contributed by atoms with Gasteiger partial charge < -0.3 is 10.1 Å². The molecule has 1 N–H and O–H groups in total. The second-order valence-electron chi connectivity index (χ2n) is 6.40. The molecule has 2 aliphatic rings. The van der Waals surface area contributed by atoms with E-state index in [9.17, 15) is 0 Å². The summed E-state index contributed by atoms with van der Waals surface area (Å²) in [6.07, 6.45) is 4.08. The largest absolute Gasteiger partial charge is 0.375 e. The number of hydrogen-bond acceptors (Lipinski definition) is 2. The third-order valence-corrected chi connectivity index (χ3v) is 4.29. The van der Waals surface area contributed by atoms with Crippen molar-refractivity contribution in [3.8, 4) is 0 Å². The average Bonchev–Trinajstić information content (AvgIpc) is 2.38. The number of hydrogen-bond donors (Lipinski definition) is 1. The normalized spacial score (nSPS) is 34.9. The Morgan fingerprint density at radius 2 is 1.94 bits per heavy atom. The van der Waals surface area contributed by atoms with Gasteiger partial charge in [0.05, 0.1) is 12.7 Å². The summed E-state index contributed by atoms with van der Waals surface area (Å²) in [5.41, 5.74) is 1.61. The van der Waals surface area contributed by atoms with E-state index in [1.165, 1.54) is 24.8 Å². The molecule has 0 aromatic heterocycles. The van der Waals surface area contributed by atoms with Crippen LogP contribution in [0.2, 0.25) is 0 Å². The van der Waals surface area contributed by atoms with E-state index in [2.05, 4.69) is 49.5 Å². The molecule has 1 aromatic carbocycles. The van der Waals surface area contributed by atoms with Gasteiger partial charge in [-0.1, -0.05) is 30.3 Å². The first-order chi connectivity index (χ1) is 8.64. The number of ether oxygens (including phenoxy) is 1. The van der Waals surface area contributed by atoms with Crippen LogP contribution in [-0.2, 0) is 4.74 Å². The second kappa shape index (κ2) is 4.67. The summed E-state index contributed by atoms with van der Waals surface area (Å²) in [6.45, 7) is 5.30. The van der Waals surface area contributed by atoms with Gasteiger partial charge in [0.15, 0.2) is 0 Å². The highest BCUT2D eigenvalue weighted by atomic mass is 16.5. The molecule has 2 nitrogen and oxygen atoms in total. The van der Waals surface area contributed by atoms with Gasteiger partial charge in [0.1, 0.15) is 0 Å². The van der Waals surface area contributed by atoms with E-state index in [1.54, 1.807) is 0 Å². The van der Waals surface area contributed by atoms with Crippen LogP contribution in [0.4, 0.5) is 0 Å². The lowest BCUT2D eigenvalue weighted by Gasteiger charge is -2.46. The van der Waals surface area contributed by atoms with Crippen LogP contribution in [-0.4, -0.2) is 24.3 Å². The molecule has 98 valence electrons. The van der Waals surface area contributed by atoms with Crippen molar-refractivity contribution in [2.24, 2.45) is 0 Å². The number of rotatable bonds is 1. The first-order valence-electron chi connectivity index (χ1n) is 7.08. The summed E-state index contributed by atoms with van der Waals surface area (Å²) in [5.74, 6) is 0.692. The van der Waals surface area contributed by atoms with E-state index >= 15 is 0 Å².